The summed E-state index contributed by atoms with van der Waals surface area (Å²) in [4.78, 5) is 11.8. The molecule has 0 saturated heterocycles. The van der Waals surface area contributed by atoms with E-state index in [2.05, 4.69) is 19.2 Å². The summed E-state index contributed by atoms with van der Waals surface area (Å²) < 4.78 is 10.7. The quantitative estimate of drug-likeness (QED) is 0.713. The maximum absolute atomic E-state index is 11.8. The van der Waals surface area contributed by atoms with Gasteiger partial charge in [0.05, 0.1) is 12.5 Å². The van der Waals surface area contributed by atoms with Gasteiger partial charge in [0.2, 0.25) is 0 Å². The minimum atomic E-state index is -0.427. The average Bonchev–Trinajstić information content (AvgIpc) is 2.20. The molecule has 4 nitrogen and oxygen atoms in total. The Kier molecular flexibility index (Phi) is 7.48. The molecule has 18 heavy (non-hydrogen) atoms. The van der Waals surface area contributed by atoms with E-state index in [1.54, 1.807) is 7.11 Å². The molecule has 0 saturated carbocycles. The van der Waals surface area contributed by atoms with E-state index in [9.17, 15) is 4.79 Å². The Hall–Kier alpha value is -0.610. The van der Waals surface area contributed by atoms with Crippen molar-refractivity contribution in [3.63, 3.8) is 0 Å². The van der Waals surface area contributed by atoms with Crippen LogP contribution in [0.1, 0.15) is 48.0 Å². The molecule has 0 aromatic heterocycles. The second kappa shape index (κ2) is 7.74. The van der Waals surface area contributed by atoms with Gasteiger partial charge in [0.25, 0.3) is 0 Å². The van der Waals surface area contributed by atoms with Gasteiger partial charge in [-0.15, -0.1) is 0 Å². The van der Waals surface area contributed by atoms with Gasteiger partial charge in [0, 0.05) is 25.6 Å². The third-order valence-corrected chi connectivity index (χ3v) is 2.67. The minimum absolute atomic E-state index is 0.0313. The van der Waals surface area contributed by atoms with Crippen molar-refractivity contribution < 1.29 is 14.3 Å². The molecule has 2 atom stereocenters. The van der Waals surface area contributed by atoms with Crippen molar-refractivity contribution in [3.8, 4) is 0 Å². The van der Waals surface area contributed by atoms with Gasteiger partial charge in [-0.2, -0.15) is 0 Å². The zero-order chi connectivity index (χ0) is 14.3. The fraction of sp³-hybridized carbons (Fsp3) is 0.929. The first-order valence-electron chi connectivity index (χ1n) is 6.63. The molecule has 108 valence electrons. The summed E-state index contributed by atoms with van der Waals surface area (Å²) in [6.07, 6.45) is 0.412. The first kappa shape index (κ1) is 17.4. The maximum atomic E-state index is 11.8. The van der Waals surface area contributed by atoms with E-state index in [4.69, 9.17) is 9.47 Å². The molecule has 0 heterocycles. The topological polar surface area (TPSA) is 47.6 Å². The summed E-state index contributed by atoms with van der Waals surface area (Å²) in [5, 5.41) is 3.34. The highest BCUT2D eigenvalue weighted by Crippen LogP contribution is 2.16. The van der Waals surface area contributed by atoms with Crippen molar-refractivity contribution in [1.82, 2.24) is 5.32 Å². The Morgan fingerprint density at radius 3 is 2.17 bits per heavy atom. The summed E-state index contributed by atoms with van der Waals surface area (Å²) >= 11 is 0. The number of hydrogen-bond acceptors (Lipinski definition) is 4. The summed E-state index contributed by atoms with van der Waals surface area (Å²) in [6, 6.07) is 0.398. The fourth-order valence-corrected chi connectivity index (χ4v) is 1.58. The Labute approximate surface area is 111 Å². The first-order valence-corrected chi connectivity index (χ1v) is 6.63. The number of hydrogen-bond donors (Lipinski definition) is 1. The van der Waals surface area contributed by atoms with Crippen LogP contribution in [0.2, 0.25) is 0 Å². The molecule has 4 heteroatoms. The minimum Gasteiger partial charge on any atom is -0.460 e. The molecule has 0 aliphatic heterocycles. The summed E-state index contributed by atoms with van der Waals surface area (Å²) in [5.41, 5.74) is -0.427. The maximum Gasteiger partial charge on any atom is 0.306 e. The van der Waals surface area contributed by atoms with Crippen molar-refractivity contribution >= 4 is 5.97 Å². The van der Waals surface area contributed by atoms with Crippen LogP contribution >= 0.6 is 0 Å². The zero-order valence-electron chi connectivity index (χ0n) is 12.9. The van der Waals surface area contributed by atoms with Crippen LogP contribution in [0.3, 0.4) is 0 Å². The molecule has 0 radical (unpaired) electrons. The molecular formula is C14H29NO3. The van der Waals surface area contributed by atoms with Gasteiger partial charge in [-0.1, -0.05) is 13.8 Å². The SMILES string of the molecule is CO[C@H](C)[C@@H](CNC(C)C)CC(=O)OC(C)(C)C. The lowest BCUT2D eigenvalue weighted by Gasteiger charge is -2.26. The van der Waals surface area contributed by atoms with E-state index < -0.39 is 5.60 Å². The van der Waals surface area contributed by atoms with Crippen LogP contribution in [-0.2, 0) is 14.3 Å². The van der Waals surface area contributed by atoms with Crippen LogP contribution in [0.5, 0.6) is 0 Å². The number of nitrogens with one attached hydrogen (secondary N) is 1. The molecule has 0 aromatic rings. The zero-order valence-corrected chi connectivity index (χ0v) is 12.9. The largest absolute Gasteiger partial charge is 0.460 e. The molecule has 0 aliphatic rings. The van der Waals surface area contributed by atoms with Crippen LogP contribution in [0.15, 0.2) is 0 Å². The number of rotatable bonds is 7. The van der Waals surface area contributed by atoms with Gasteiger partial charge in [-0.25, -0.2) is 0 Å². The number of carbonyl (C=O) groups is 1. The average molecular weight is 259 g/mol. The van der Waals surface area contributed by atoms with Crippen LogP contribution in [0.4, 0.5) is 0 Å². The first-order chi connectivity index (χ1) is 8.15. The number of ether oxygens (including phenoxy) is 2. The van der Waals surface area contributed by atoms with E-state index in [0.717, 1.165) is 6.54 Å². The highest BCUT2D eigenvalue weighted by Gasteiger charge is 2.24. The second-order valence-corrected chi connectivity index (χ2v) is 6.05. The van der Waals surface area contributed by atoms with E-state index >= 15 is 0 Å². The third-order valence-electron chi connectivity index (χ3n) is 2.67. The predicted molar refractivity (Wildman–Crippen MR) is 73.6 cm³/mol. The highest BCUT2D eigenvalue weighted by molar-refractivity contribution is 5.70. The Balaban J connectivity index is 4.35. The van der Waals surface area contributed by atoms with Gasteiger partial charge < -0.3 is 14.8 Å². The molecule has 0 bridgehead atoms. The number of carbonyl (C=O) groups excluding carboxylic acids is 1. The molecule has 0 aliphatic carbocycles. The predicted octanol–water partition coefficient (Wildman–Crippen LogP) is 2.37. The van der Waals surface area contributed by atoms with Crippen molar-refractivity contribution in [2.75, 3.05) is 13.7 Å². The molecule has 0 unspecified atom stereocenters. The van der Waals surface area contributed by atoms with Gasteiger partial charge in [-0.3, -0.25) is 4.79 Å². The molecule has 0 spiro atoms. The van der Waals surface area contributed by atoms with Crippen LogP contribution in [0, 0.1) is 5.92 Å². The van der Waals surface area contributed by atoms with Gasteiger partial charge >= 0.3 is 5.97 Å². The van der Waals surface area contributed by atoms with E-state index in [0.29, 0.717) is 12.5 Å². The lowest BCUT2D eigenvalue weighted by Crippen LogP contribution is -2.37. The summed E-state index contributed by atoms with van der Waals surface area (Å²) in [7, 11) is 1.67. The number of esters is 1. The van der Waals surface area contributed by atoms with Crippen molar-refractivity contribution in [2.45, 2.75) is 65.7 Å². The number of methoxy groups -OCH3 is 1. The standard InChI is InChI=1S/C14H29NO3/c1-10(2)15-9-12(11(3)17-7)8-13(16)18-14(4,5)6/h10-12,15H,8-9H2,1-7H3/t11-,12-/m1/s1. The van der Waals surface area contributed by atoms with Crippen LogP contribution in [0.25, 0.3) is 0 Å². The van der Waals surface area contributed by atoms with E-state index in [-0.39, 0.29) is 18.0 Å². The van der Waals surface area contributed by atoms with Crippen molar-refractivity contribution in [2.24, 2.45) is 5.92 Å². The molecule has 0 fully saturated rings. The lowest BCUT2D eigenvalue weighted by atomic mass is 9.99. The van der Waals surface area contributed by atoms with Crippen LogP contribution in [-0.4, -0.2) is 37.4 Å². The Bertz CT molecular complexity index is 246. The highest BCUT2D eigenvalue weighted by atomic mass is 16.6. The lowest BCUT2D eigenvalue weighted by molar-refractivity contribution is -0.157. The Morgan fingerprint density at radius 1 is 1.22 bits per heavy atom. The summed E-state index contributed by atoms with van der Waals surface area (Å²) in [5.74, 6) is -0.0331. The van der Waals surface area contributed by atoms with Gasteiger partial charge in [0.15, 0.2) is 0 Å². The fourth-order valence-electron chi connectivity index (χ4n) is 1.58. The normalized spacial score (nSPS) is 15.6. The van der Waals surface area contributed by atoms with E-state index in [1.807, 2.05) is 27.7 Å². The van der Waals surface area contributed by atoms with Gasteiger partial charge in [-0.05, 0) is 27.7 Å². The van der Waals surface area contributed by atoms with Crippen molar-refractivity contribution in [3.05, 3.63) is 0 Å². The summed E-state index contributed by atoms with van der Waals surface area (Å²) in [6.45, 7) is 12.6. The molecule has 0 rings (SSSR count). The molecule has 1 N–H and O–H groups in total. The van der Waals surface area contributed by atoms with Gasteiger partial charge in [0.1, 0.15) is 5.60 Å². The monoisotopic (exact) mass is 259 g/mol. The third kappa shape index (κ3) is 8.48. The smallest absolute Gasteiger partial charge is 0.306 e. The molecule has 0 aromatic carbocycles. The molecule has 0 amide bonds. The second-order valence-electron chi connectivity index (χ2n) is 6.05. The Morgan fingerprint density at radius 2 is 1.78 bits per heavy atom. The van der Waals surface area contributed by atoms with E-state index in [1.165, 1.54) is 0 Å². The van der Waals surface area contributed by atoms with Crippen LogP contribution < -0.4 is 5.32 Å². The van der Waals surface area contributed by atoms with Crippen molar-refractivity contribution in [1.29, 1.82) is 0 Å². The molecular weight excluding hydrogens is 230 g/mol.